The number of fused-ring (bicyclic) bond motifs is 1. The van der Waals surface area contributed by atoms with Crippen LogP contribution >= 0.6 is 15.9 Å². The maximum absolute atomic E-state index is 12.1. The van der Waals surface area contributed by atoms with Crippen LogP contribution < -0.4 is 0 Å². The smallest absolute Gasteiger partial charge is 0.164 e. The predicted molar refractivity (Wildman–Crippen MR) is 85.0 cm³/mol. The molecule has 3 rings (SSSR count). The minimum Gasteiger partial charge on any atom is -0.346 e. The third kappa shape index (κ3) is 2.54. The monoisotopic (exact) mass is 327 g/mol. The number of carbonyl (C=O) groups is 1. The number of carbonyl (C=O) groups excluding carboxylic acids is 1. The van der Waals surface area contributed by atoms with Crippen molar-refractivity contribution >= 4 is 32.6 Å². The normalized spacial score (nSPS) is 10.8. The lowest BCUT2D eigenvalue weighted by Gasteiger charge is -2.05. The fourth-order valence-corrected chi connectivity index (χ4v) is 2.96. The Morgan fingerprint density at radius 1 is 1.00 bits per heavy atom. The predicted octanol–water partition coefficient (Wildman–Crippen LogP) is 4.68. The van der Waals surface area contributed by atoms with Crippen LogP contribution in [0.15, 0.2) is 65.3 Å². The number of hydrogen-bond donors (Lipinski definition) is 0. The first-order chi connectivity index (χ1) is 9.75. The second-order valence-electron chi connectivity index (χ2n) is 4.73. The number of benzene rings is 2. The Morgan fingerprint density at radius 3 is 2.50 bits per heavy atom. The molecule has 0 bridgehead atoms. The molecule has 1 aromatic heterocycles. The number of Topliss-reactive ketones (excluding diaryl/α,β-unsaturated/α-hetero) is 1. The maximum atomic E-state index is 12.1. The van der Waals surface area contributed by atoms with Crippen molar-refractivity contribution in [2.75, 3.05) is 0 Å². The van der Waals surface area contributed by atoms with Crippen LogP contribution in [-0.4, -0.2) is 10.4 Å². The van der Waals surface area contributed by atoms with Crippen LogP contribution in [0.3, 0.4) is 0 Å². The first-order valence-corrected chi connectivity index (χ1v) is 7.36. The van der Waals surface area contributed by atoms with Crippen molar-refractivity contribution in [1.82, 2.24) is 4.57 Å². The van der Waals surface area contributed by atoms with Gasteiger partial charge < -0.3 is 4.57 Å². The Kier molecular flexibility index (Phi) is 3.70. The fraction of sp³-hybridized carbons (Fsp3) is 0.118. The van der Waals surface area contributed by atoms with E-state index in [4.69, 9.17) is 0 Å². The van der Waals surface area contributed by atoms with Crippen molar-refractivity contribution < 1.29 is 4.79 Å². The molecule has 0 aliphatic rings. The number of hydrogen-bond acceptors (Lipinski definition) is 1. The quantitative estimate of drug-likeness (QED) is 0.638. The molecule has 1 heterocycles. The molecule has 0 aliphatic heterocycles. The van der Waals surface area contributed by atoms with Gasteiger partial charge in [-0.15, -0.1) is 0 Å². The van der Waals surface area contributed by atoms with Crippen molar-refractivity contribution in [2.45, 2.75) is 13.0 Å². The number of nitrogens with zero attached hydrogens (tertiary/aromatic N) is 1. The summed E-state index contributed by atoms with van der Waals surface area (Å²) in [6, 6.07) is 17.6. The van der Waals surface area contributed by atoms with E-state index in [1.807, 2.05) is 48.7 Å². The van der Waals surface area contributed by atoms with Crippen molar-refractivity contribution in [1.29, 1.82) is 0 Å². The van der Waals surface area contributed by atoms with Crippen molar-refractivity contribution in [3.8, 4) is 0 Å². The van der Waals surface area contributed by atoms with E-state index in [1.165, 1.54) is 5.39 Å². The Morgan fingerprint density at radius 2 is 1.70 bits per heavy atom. The van der Waals surface area contributed by atoms with Crippen LogP contribution in [-0.2, 0) is 6.54 Å². The molecule has 0 radical (unpaired) electrons. The third-order valence-corrected chi connectivity index (χ3v) is 4.05. The molecule has 0 spiro atoms. The van der Waals surface area contributed by atoms with Gasteiger partial charge in [-0.3, -0.25) is 4.79 Å². The summed E-state index contributed by atoms with van der Waals surface area (Å²) >= 11 is 3.56. The van der Waals surface area contributed by atoms with Gasteiger partial charge in [0.25, 0.3) is 0 Å². The highest BCUT2D eigenvalue weighted by Crippen LogP contribution is 2.26. The zero-order valence-electron chi connectivity index (χ0n) is 10.9. The molecule has 0 saturated heterocycles. The Balaban J connectivity index is 1.79. The fourth-order valence-electron chi connectivity index (χ4n) is 2.38. The highest BCUT2D eigenvalue weighted by atomic mass is 79.9. The second kappa shape index (κ2) is 5.63. The van der Waals surface area contributed by atoms with Crippen LogP contribution in [0.25, 0.3) is 10.9 Å². The zero-order chi connectivity index (χ0) is 13.9. The van der Waals surface area contributed by atoms with Crippen molar-refractivity contribution in [3.63, 3.8) is 0 Å². The lowest BCUT2D eigenvalue weighted by molar-refractivity contribution is 0.0977. The van der Waals surface area contributed by atoms with Crippen LogP contribution in [0, 0.1) is 0 Å². The number of aromatic nitrogens is 1. The van der Waals surface area contributed by atoms with Gasteiger partial charge in [0.05, 0.1) is 0 Å². The molecule has 0 amide bonds. The summed E-state index contributed by atoms with van der Waals surface area (Å²) in [7, 11) is 0. The van der Waals surface area contributed by atoms with Crippen molar-refractivity contribution in [3.05, 3.63) is 70.8 Å². The first-order valence-electron chi connectivity index (χ1n) is 6.57. The second-order valence-corrected chi connectivity index (χ2v) is 5.58. The average molecular weight is 328 g/mol. The van der Waals surface area contributed by atoms with Gasteiger partial charge in [0.1, 0.15) is 0 Å². The summed E-state index contributed by atoms with van der Waals surface area (Å²) < 4.78 is 3.19. The summed E-state index contributed by atoms with van der Waals surface area (Å²) in [6.07, 6.45) is 2.55. The molecule has 0 fully saturated rings. The highest BCUT2D eigenvalue weighted by molar-refractivity contribution is 9.10. The molecule has 0 N–H and O–H groups in total. The largest absolute Gasteiger partial charge is 0.346 e. The highest BCUT2D eigenvalue weighted by Gasteiger charge is 2.09. The molecule has 2 aromatic carbocycles. The Labute approximate surface area is 126 Å². The number of ketones is 1. The van der Waals surface area contributed by atoms with E-state index in [9.17, 15) is 4.79 Å². The lowest BCUT2D eigenvalue weighted by atomic mass is 10.1. The van der Waals surface area contributed by atoms with Gasteiger partial charge in [0.2, 0.25) is 0 Å². The summed E-state index contributed by atoms with van der Waals surface area (Å²) in [6.45, 7) is 0.694. The van der Waals surface area contributed by atoms with Gasteiger partial charge in [-0.1, -0.05) is 48.5 Å². The molecule has 3 aromatic rings. The third-order valence-electron chi connectivity index (χ3n) is 3.42. The summed E-state index contributed by atoms with van der Waals surface area (Å²) in [5.41, 5.74) is 1.93. The molecule has 0 unspecified atom stereocenters. The Bertz CT molecular complexity index is 746. The minimum atomic E-state index is 0.180. The summed E-state index contributed by atoms with van der Waals surface area (Å²) in [5.74, 6) is 0.180. The summed E-state index contributed by atoms with van der Waals surface area (Å²) in [4.78, 5) is 12.1. The van der Waals surface area contributed by atoms with Gasteiger partial charge in [-0.2, -0.15) is 0 Å². The molecule has 2 nitrogen and oxygen atoms in total. The molecular weight excluding hydrogens is 314 g/mol. The SMILES string of the molecule is O=C(CCn1cc(Br)c2ccccc21)c1ccccc1. The zero-order valence-corrected chi connectivity index (χ0v) is 12.5. The van der Waals surface area contributed by atoms with E-state index in [1.54, 1.807) is 0 Å². The molecule has 0 aliphatic carbocycles. The van der Waals surface area contributed by atoms with Crippen LogP contribution in [0.2, 0.25) is 0 Å². The number of aryl methyl sites for hydroxylation is 1. The van der Waals surface area contributed by atoms with Gasteiger partial charge in [0.15, 0.2) is 5.78 Å². The van der Waals surface area contributed by atoms with Crippen LogP contribution in [0.1, 0.15) is 16.8 Å². The van der Waals surface area contributed by atoms with E-state index in [0.29, 0.717) is 13.0 Å². The Hall–Kier alpha value is -1.87. The van der Waals surface area contributed by atoms with Crippen LogP contribution in [0.5, 0.6) is 0 Å². The van der Waals surface area contributed by atoms with Gasteiger partial charge in [0, 0.05) is 40.1 Å². The standard InChI is InChI=1S/C17H14BrNO/c18-15-12-19(16-9-5-4-8-14(15)16)11-10-17(20)13-6-2-1-3-7-13/h1-9,12H,10-11H2. The van der Waals surface area contributed by atoms with E-state index >= 15 is 0 Å². The van der Waals surface area contributed by atoms with E-state index < -0.39 is 0 Å². The molecule has 0 saturated carbocycles. The van der Waals surface area contributed by atoms with Gasteiger partial charge >= 0.3 is 0 Å². The van der Waals surface area contributed by atoms with Crippen molar-refractivity contribution in [2.24, 2.45) is 0 Å². The first kappa shape index (κ1) is 13.1. The molecule has 0 atom stereocenters. The van der Waals surface area contributed by atoms with E-state index in [-0.39, 0.29) is 5.78 Å². The average Bonchev–Trinajstić information content (AvgIpc) is 2.83. The van der Waals surface area contributed by atoms with Gasteiger partial charge in [-0.05, 0) is 22.0 Å². The number of halogens is 1. The molecule has 20 heavy (non-hydrogen) atoms. The van der Waals surface area contributed by atoms with E-state index in [0.717, 1.165) is 15.6 Å². The number of para-hydroxylation sites is 1. The maximum Gasteiger partial charge on any atom is 0.164 e. The summed E-state index contributed by atoms with van der Waals surface area (Å²) in [5, 5.41) is 1.18. The molecular formula is C17H14BrNO. The van der Waals surface area contributed by atoms with Gasteiger partial charge in [-0.25, -0.2) is 0 Å². The molecule has 3 heteroatoms. The van der Waals surface area contributed by atoms with E-state index in [2.05, 4.69) is 32.6 Å². The van der Waals surface area contributed by atoms with Crippen LogP contribution in [0.4, 0.5) is 0 Å². The lowest BCUT2D eigenvalue weighted by Crippen LogP contribution is -2.05. The number of rotatable bonds is 4. The minimum absolute atomic E-state index is 0.180. The topological polar surface area (TPSA) is 22.0 Å². The molecule has 100 valence electrons.